The molecule has 2 aliphatic carbocycles. The first-order chi connectivity index (χ1) is 34.9. The van der Waals surface area contributed by atoms with Crippen molar-refractivity contribution in [1.82, 2.24) is 10.6 Å². The Labute approximate surface area is 494 Å². The molecule has 400 valence electrons. The number of rotatable bonds is 10. The minimum atomic E-state index is -0.492. The lowest BCUT2D eigenvalue weighted by Gasteiger charge is -2.44. The molecule has 4 aromatic carbocycles. The first-order valence-corrected chi connectivity index (χ1v) is 28.6. The molecule has 2 fully saturated rings. The van der Waals surface area contributed by atoms with E-state index in [4.69, 9.17) is 55.9 Å². The minimum Gasteiger partial charge on any atom is -1.00 e. The van der Waals surface area contributed by atoms with Crippen molar-refractivity contribution in [3.8, 4) is 23.0 Å². The van der Waals surface area contributed by atoms with Crippen LogP contribution in [0.5, 0.6) is 23.0 Å². The van der Waals surface area contributed by atoms with E-state index in [2.05, 4.69) is 36.6 Å². The second-order valence-electron chi connectivity index (χ2n) is 21.5. The standard InChI is InChI=1S/2C30H36Cl2N2O2.2HI/c2*1-2-34(20-21-8-6-4-3-5-7-9-21)16-14-24(15-17-34)33-30(35)29-25-18-22(31)10-12-27(25)36-28-13-11-23(32)19-26(28)29;;/h2*8,10-13,18-19,24,29H,2-7,9,14-17,20H2,1H3;2*1H/b2*21-8+;;. The Balaban J connectivity index is 0.000000211. The molecule has 2 saturated heterocycles. The topological polar surface area (TPSA) is 76.7 Å². The summed E-state index contributed by atoms with van der Waals surface area (Å²) in [7, 11) is 0. The molecule has 0 aromatic heterocycles. The van der Waals surface area contributed by atoms with Crippen molar-refractivity contribution in [2.75, 3.05) is 52.4 Å². The highest BCUT2D eigenvalue weighted by Crippen LogP contribution is 2.48. The van der Waals surface area contributed by atoms with Gasteiger partial charge in [-0.3, -0.25) is 9.59 Å². The maximum atomic E-state index is 13.8. The van der Waals surface area contributed by atoms with Gasteiger partial charge in [-0.25, -0.2) is 0 Å². The molecule has 0 atom stereocenters. The zero-order chi connectivity index (χ0) is 50.2. The van der Waals surface area contributed by atoms with Crippen molar-refractivity contribution < 1.29 is 76.0 Å². The van der Waals surface area contributed by atoms with Gasteiger partial charge in [0.1, 0.15) is 36.1 Å². The van der Waals surface area contributed by atoms with Crippen LogP contribution in [0.2, 0.25) is 20.1 Å². The van der Waals surface area contributed by atoms with Crippen molar-refractivity contribution in [2.24, 2.45) is 0 Å². The number of nitrogens with one attached hydrogen (secondary N) is 2. The summed E-state index contributed by atoms with van der Waals surface area (Å²) in [5.74, 6) is 1.70. The molecule has 74 heavy (non-hydrogen) atoms. The van der Waals surface area contributed by atoms with Crippen LogP contribution in [0.3, 0.4) is 0 Å². The number of nitrogens with zero attached hydrogens (tertiary/aromatic N) is 2. The van der Waals surface area contributed by atoms with Gasteiger partial charge in [0, 0.05) is 80.1 Å². The highest BCUT2D eigenvalue weighted by molar-refractivity contribution is 6.31. The third-order valence-electron chi connectivity index (χ3n) is 16.8. The van der Waals surface area contributed by atoms with Gasteiger partial charge in [0.25, 0.3) is 0 Å². The number of quaternary nitrogens is 2. The molecule has 8 nitrogen and oxygen atoms in total. The summed E-state index contributed by atoms with van der Waals surface area (Å²) in [5.41, 5.74) is 6.48. The fraction of sp³-hybridized carbons (Fsp3) is 0.500. The Morgan fingerprint density at radius 3 is 1.11 bits per heavy atom. The predicted octanol–water partition coefficient (Wildman–Crippen LogP) is 9.26. The molecular formula is C60H74Cl4I2N4O4. The Morgan fingerprint density at radius 1 is 0.486 bits per heavy atom. The SMILES string of the molecule is CC[N+]1(C/C2=C/CCCCCC2)CCC(NC(=O)C2c3cc(Cl)ccc3Oc3ccc(Cl)cc32)CC1.CC[N+]1(C/C2=C/CCCCCC2)CCC(NC(=O)C2c3cc(Cl)ccc3Oc3ccc(Cl)cc32)CC1.[I-].[I-]. The van der Waals surface area contributed by atoms with E-state index in [1.807, 2.05) is 48.5 Å². The van der Waals surface area contributed by atoms with Crippen LogP contribution in [-0.2, 0) is 9.59 Å². The summed E-state index contributed by atoms with van der Waals surface area (Å²) < 4.78 is 14.5. The van der Waals surface area contributed by atoms with E-state index in [0.29, 0.717) is 43.1 Å². The number of fused-ring (bicyclic) bond motifs is 4. The molecule has 2 amide bonds. The van der Waals surface area contributed by atoms with Gasteiger partial charge >= 0.3 is 0 Å². The van der Waals surface area contributed by atoms with Crippen molar-refractivity contribution in [3.63, 3.8) is 0 Å². The Hall–Kier alpha value is -2.56. The zero-order valence-electron chi connectivity index (χ0n) is 43.2. The number of piperidine rings is 2. The van der Waals surface area contributed by atoms with Crippen molar-refractivity contribution in [1.29, 1.82) is 0 Å². The van der Waals surface area contributed by atoms with Crippen molar-refractivity contribution >= 4 is 58.2 Å². The number of hydrogen-bond acceptors (Lipinski definition) is 4. The van der Waals surface area contributed by atoms with E-state index < -0.39 is 11.8 Å². The summed E-state index contributed by atoms with van der Waals surface area (Å²) in [6.45, 7) is 13.7. The summed E-state index contributed by atoms with van der Waals surface area (Å²) in [6.07, 6.45) is 24.9. The maximum absolute atomic E-state index is 13.8. The highest BCUT2D eigenvalue weighted by Gasteiger charge is 2.40. The van der Waals surface area contributed by atoms with Crippen LogP contribution in [0.1, 0.15) is 151 Å². The molecule has 6 aliphatic rings. The summed E-state index contributed by atoms with van der Waals surface area (Å²) in [4.78, 5) is 27.5. The van der Waals surface area contributed by atoms with Gasteiger partial charge in [-0.15, -0.1) is 0 Å². The Bertz CT molecular complexity index is 2360. The number of hydrogen-bond donors (Lipinski definition) is 2. The monoisotopic (exact) mass is 1310 g/mol. The van der Waals surface area contributed by atoms with E-state index in [9.17, 15) is 9.59 Å². The van der Waals surface area contributed by atoms with E-state index >= 15 is 0 Å². The molecule has 2 N–H and O–H groups in total. The number of amides is 2. The quantitative estimate of drug-likeness (QED) is 0.0945. The number of carbonyl (C=O) groups is 2. The van der Waals surface area contributed by atoms with Crippen molar-refractivity contribution in [3.05, 3.63) is 138 Å². The van der Waals surface area contributed by atoms with Gasteiger partial charge in [-0.05, 0) is 149 Å². The second-order valence-corrected chi connectivity index (χ2v) is 23.3. The molecule has 14 heteroatoms. The predicted molar refractivity (Wildman–Crippen MR) is 294 cm³/mol. The average Bonchev–Trinajstić information content (AvgIpc) is 3.35. The van der Waals surface area contributed by atoms with Crippen molar-refractivity contribution in [2.45, 2.75) is 141 Å². The molecule has 0 spiro atoms. The number of likely N-dealkylation sites (N-methyl/N-ethyl adjacent to an activating group) is 2. The third-order valence-corrected chi connectivity index (χ3v) is 17.7. The average molecular weight is 1310 g/mol. The largest absolute Gasteiger partial charge is 1.00 e. The van der Waals surface area contributed by atoms with E-state index in [0.717, 1.165) is 96.2 Å². The van der Waals surface area contributed by atoms with E-state index in [1.54, 1.807) is 35.4 Å². The summed E-state index contributed by atoms with van der Waals surface area (Å²) in [5, 5.41) is 9.13. The van der Waals surface area contributed by atoms with Gasteiger partial charge < -0.3 is 77.0 Å². The van der Waals surface area contributed by atoms with Gasteiger partial charge in [-0.2, -0.15) is 0 Å². The molecule has 0 saturated carbocycles. The first kappa shape index (κ1) is 59.1. The highest BCUT2D eigenvalue weighted by atomic mass is 127. The van der Waals surface area contributed by atoms with Gasteiger partial charge in [0.15, 0.2) is 0 Å². The summed E-state index contributed by atoms with van der Waals surface area (Å²) in [6, 6.07) is 22.3. The molecule has 0 radical (unpaired) electrons. The first-order valence-electron chi connectivity index (χ1n) is 27.1. The van der Waals surface area contributed by atoms with Crippen LogP contribution in [0.25, 0.3) is 0 Å². The molecule has 0 unspecified atom stereocenters. The molecule has 10 rings (SSSR count). The Kier molecular flexibility index (Phi) is 21.8. The van der Waals surface area contributed by atoms with Gasteiger partial charge in [-0.1, -0.05) is 84.2 Å². The second kappa shape index (κ2) is 27.3. The summed E-state index contributed by atoms with van der Waals surface area (Å²) >= 11 is 25.3. The fourth-order valence-corrected chi connectivity index (χ4v) is 13.1. The molecule has 0 bridgehead atoms. The van der Waals surface area contributed by atoms with Crippen LogP contribution in [0.15, 0.2) is 96.1 Å². The van der Waals surface area contributed by atoms with Gasteiger partial charge in [0.2, 0.25) is 11.8 Å². The minimum absolute atomic E-state index is 0. The number of halogens is 6. The van der Waals surface area contributed by atoms with Crippen LogP contribution in [0.4, 0.5) is 0 Å². The van der Waals surface area contributed by atoms with Crippen LogP contribution < -0.4 is 68.1 Å². The normalized spacial score (nSPS) is 25.2. The number of allylic oxidation sites excluding steroid dienone is 2. The number of carbonyl (C=O) groups excluding carboxylic acids is 2. The Morgan fingerprint density at radius 2 is 0.797 bits per heavy atom. The smallest absolute Gasteiger partial charge is 0.232 e. The van der Waals surface area contributed by atoms with Gasteiger partial charge in [0.05, 0.1) is 51.1 Å². The lowest BCUT2D eigenvalue weighted by atomic mass is 9.86. The number of benzene rings is 4. The molecule has 4 aliphatic heterocycles. The van der Waals surface area contributed by atoms with E-state index in [-0.39, 0.29) is 71.9 Å². The van der Waals surface area contributed by atoms with E-state index in [1.165, 1.54) is 90.1 Å². The maximum Gasteiger partial charge on any atom is 0.232 e. The third kappa shape index (κ3) is 14.6. The molecule has 4 aromatic rings. The fourth-order valence-electron chi connectivity index (χ4n) is 12.4. The lowest BCUT2D eigenvalue weighted by Crippen LogP contribution is -3.00. The lowest BCUT2D eigenvalue weighted by molar-refractivity contribution is -0.927. The zero-order valence-corrected chi connectivity index (χ0v) is 50.5. The van der Waals surface area contributed by atoms with Crippen LogP contribution >= 0.6 is 46.4 Å². The number of ether oxygens (including phenoxy) is 2. The molecular weight excluding hydrogens is 1240 g/mol. The van der Waals surface area contributed by atoms with Crippen LogP contribution in [0, 0.1) is 0 Å². The van der Waals surface area contributed by atoms with Crippen LogP contribution in [-0.4, -0.2) is 85.2 Å². The molecule has 4 heterocycles. The number of likely N-dealkylation sites (tertiary alicyclic amines) is 2.